The summed E-state index contributed by atoms with van der Waals surface area (Å²) in [5, 5.41) is 20.6. The second kappa shape index (κ2) is 7.86. The van der Waals surface area contributed by atoms with Crippen molar-refractivity contribution < 1.29 is 29.0 Å². The van der Waals surface area contributed by atoms with E-state index in [1.807, 2.05) is 0 Å². The van der Waals surface area contributed by atoms with E-state index in [-0.39, 0.29) is 24.5 Å². The average molecular weight is 348 g/mol. The Bertz CT molecular complexity index is 814. The van der Waals surface area contributed by atoms with Crippen molar-refractivity contribution in [2.75, 3.05) is 0 Å². The number of phenols is 1. The van der Waals surface area contributed by atoms with E-state index in [4.69, 9.17) is 20.0 Å². The highest BCUT2D eigenvalue weighted by molar-refractivity contribution is 5.84. The smallest absolute Gasteiger partial charge is 0.408 e. The van der Waals surface area contributed by atoms with E-state index in [2.05, 4.69) is 5.32 Å². The maximum atomic E-state index is 11.8. The molecule has 1 atom stereocenters. The molecule has 1 aromatic heterocycles. The Morgan fingerprint density at radius 1 is 1.24 bits per heavy atom. The molecule has 0 bridgehead atoms. The molecule has 5 N–H and O–H groups in total. The van der Waals surface area contributed by atoms with E-state index in [0.717, 1.165) is 12.3 Å². The van der Waals surface area contributed by atoms with Gasteiger partial charge in [-0.05, 0) is 17.7 Å². The van der Waals surface area contributed by atoms with Gasteiger partial charge in [0.15, 0.2) is 12.4 Å². The summed E-state index contributed by atoms with van der Waals surface area (Å²) in [4.78, 5) is 34.5. The van der Waals surface area contributed by atoms with Crippen LogP contribution >= 0.6 is 0 Å². The molecule has 2 amide bonds. The number of benzene rings is 1. The molecule has 9 heteroatoms. The summed E-state index contributed by atoms with van der Waals surface area (Å²) < 4.78 is 9.73. The van der Waals surface area contributed by atoms with Crippen molar-refractivity contribution in [2.45, 2.75) is 19.1 Å². The van der Waals surface area contributed by atoms with Crippen molar-refractivity contribution in [1.82, 2.24) is 5.32 Å². The number of amides is 2. The fourth-order valence-corrected chi connectivity index (χ4v) is 1.93. The number of nitrogens with two attached hydrogens (primary N) is 1. The maximum Gasteiger partial charge on any atom is 0.408 e. The molecular weight excluding hydrogens is 332 g/mol. The Balaban J connectivity index is 1.93. The summed E-state index contributed by atoms with van der Waals surface area (Å²) in [6.07, 6.45) is 0.00733. The van der Waals surface area contributed by atoms with Crippen LogP contribution in [0.15, 0.2) is 45.8 Å². The van der Waals surface area contributed by atoms with E-state index >= 15 is 0 Å². The first-order valence-corrected chi connectivity index (χ1v) is 7.16. The Morgan fingerprint density at radius 2 is 1.92 bits per heavy atom. The first-order chi connectivity index (χ1) is 11.8. The number of carbonyl (C=O) groups is 2. The standard InChI is InChI=1S/C16H16N2O7/c17-15(22)12(5-9-1-3-10(19)4-2-9)18-16(23)25-7-11-6-13(20)14(21)8-24-11/h1-4,6,8,12,19,21H,5,7H2,(H2,17,22)(H,18,23)/t12-/m0/s1. The van der Waals surface area contributed by atoms with E-state index in [1.54, 1.807) is 12.1 Å². The number of alkyl carbamates (subject to hydrolysis) is 1. The molecule has 0 unspecified atom stereocenters. The lowest BCUT2D eigenvalue weighted by atomic mass is 10.1. The van der Waals surface area contributed by atoms with Crippen molar-refractivity contribution in [3.63, 3.8) is 0 Å². The maximum absolute atomic E-state index is 11.8. The average Bonchev–Trinajstić information content (AvgIpc) is 2.57. The van der Waals surface area contributed by atoms with Crippen molar-refractivity contribution >= 4 is 12.0 Å². The second-order valence-electron chi connectivity index (χ2n) is 5.14. The third-order valence-corrected chi connectivity index (χ3v) is 3.22. The molecule has 1 aromatic carbocycles. The second-order valence-corrected chi connectivity index (χ2v) is 5.14. The summed E-state index contributed by atoms with van der Waals surface area (Å²) in [6.45, 7) is -0.369. The van der Waals surface area contributed by atoms with Gasteiger partial charge in [-0.15, -0.1) is 0 Å². The summed E-state index contributed by atoms with van der Waals surface area (Å²) in [5.74, 6) is -1.23. The minimum absolute atomic E-state index is 0.0205. The molecule has 2 rings (SSSR count). The minimum atomic E-state index is -1.02. The highest BCUT2D eigenvalue weighted by atomic mass is 16.6. The number of aromatic hydroxyl groups is 2. The first-order valence-electron chi connectivity index (χ1n) is 7.16. The monoisotopic (exact) mass is 348 g/mol. The molecule has 25 heavy (non-hydrogen) atoms. The van der Waals surface area contributed by atoms with Crippen LogP contribution in [0.1, 0.15) is 11.3 Å². The highest BCUT2D eigenvalue weighted by Crippen LogP contribution is 2.11. The van der Waals surface area contributed by atoms with Gasteiger partial charge in [-0.3, -0.25) is 9.59 Å². The lowest BCUT2D eigenvalue weighted by Crippen LogP contribution is -2.46. The third kappa shape index (κ3) is 5.27. The molecule has 0 fully saturated rings. The third-order valence-electron chi connectivity index (χ3n) is 3.22. The molecule has 1 heterocycles. The Kier molecular flexibility index (Phi) is 5.62. The van der Waals surface area contributed by atoms with Gasteiger partial charge < -0.3 is 30.4 Å². The highest BCUT2D eigenvalue weighted by Gasteiger charge is 2.19. The van der Waals surface area contributed by atoms with Gasteiger partial charge in [0.2, 0.25) is 11.3 Å². The molecule has 2 aromatic rings. The van der Waals surface area contributed by atoms with E-state index in [9.17, 15) is 19.5 Å². The zero-order chi connectivity index (χ0) is 18.4. The molecule has 0 saturated carbocycles. The van der Waals surface area contributed by atoms with Crippen LogP contribution in [-0.2, 0) is 22.6 Å². The lowest BCUT2D eigenvalue weighted by molar-refractivity contribution is -0.119. The Morgan fingerprint density at radius 3 is 2.52 bits per heavy atom. The number of hydrogen-bond donors (Lipinski definition) is 4. The number of carbonyl (C=O) groups excluding carboxylic acids is 2. The van der Waals surface area contributed by atoms with Crippen LogP contribution in [-0.4, -0.2) is 28.3 Å². The molecule has 0 saturated heterocycles. The molecule has 0 spiro atoms. The van der Waals surface area contributed by atoms with Gasteiger partial charge in [-0.2, -0.15) is 0 Å². The normalized spacial score (nSPS) is 11.5. The number of ether oxygens (including phenoxy) is 1. The van der Waals surface area contributed by atoms with Gasteiger partial charge in [0.05, 0.1) is 0 Å². The van der Waals surface area contributed by atoms with Crippen LogP contribution in [0.5, 0.6) is 11.5 Å². The van der Waals surface area contributed by atoms with Gasteiger partial charge in [-0.25, -0.2) is 4.79 Å². The van der Waals surface area contributed by atoms with Crippen LogP contribution in [0.2, 0.25) is 0 Å². The number of rotatable bonds is 6. The van der Waals surface area contributed by atoms with Gasteiger partial charge >= 0.3 is 6.09 Å². The molecule has 9 nitrogen and oxygen atoms in total. The Hall–Kier alpha value is -3.49. The van der Waals surface area contributed by atoms with Gasteiger partial charge in [0.25, 0.3) is 0 Å². The minimum Gasteiger partial charge on any atom is -0.508 e. The number of hydrogen-bond acceptors (Lipinski definition) is 7. The molecule has 0 aliphatic heterocycles. The summed E-state index contributed by atoms with van der Waals surface area (Å²) in [6, 6.07) is 6.01. The lowest BCUT2D eigenvalue weighted by Gasteiger charge is -2.15. The van der Waals surface area contributed by atoms with Crippen LogP contribution in [0, 0.1) is 0 Å². The number of primary amides is 1. The first kappa shape index (κ1) is 17.9. The van der Waals surface area contributed by atoms with Crippen molar-refractivity contribution in [2.24, 2.45) is 5.73 Å². The molecular formula is C16H16N2O7. The van der Waals surface area contributed by atoms with Crippen LogP contribution in [0.3, 0.4) is 0 Å². The fourth-order valence-electron chi connectivity index (χ4n) is 1.93. The van der Waals surface area contributed by atoms with Crippen molar-refractivity contribution in [1.29, 1.82) is 0 Å². The molecule has 132 valence electrons. The van der Waals surface area contributed by atoms with Crippen LogP contribution in [0.4, 0.5) is 4.79 Å². The van der Waals surface area contributed by atoms with E-state index in [0.29, 0.717) is 5.56 Å². The predicted octanol–water partition coefficient (Wildman–Crippen LogP) is 0.374. The van der Waals surface area contributed by atoms with E-state index < -0.39 is 29.2 Å². The van der Waals surface area contributed by atoms with Crippen LogP contribution in [0.25, 0.3) is 0 Å². The zero-order valence-electron chi connectivity index (χ0n) is 13.0. The van der Waals surface area contributed by atoms with E-state index in [1.165, 1.54) is 12.1 Å². The molecule has 0 radical (unpaired) electrons. The van der Waals surface area contributed by atoms with Crippen LogP contribution < -0.4 is 16.5 Å². The number of phenolic OH excluding ortho intramolecular Hbond substituents is 1. The Labute approximate surface area is 141 Å². The van der Waals surface area contributed by atoms with Crippen molar-refractivity contribution in [3.05, 3.63) is 58.1 Å². The number of nitrogens with one attached hydrogen (secondary N) is 1. The topological polar surface area (TPSA) is 152 Å². The summed E-state index contributed by atoms with van der Waals surface area (Å²) in [7, 11) is 0. The molecule has 0 aliphatic rings. The molecule has 0 aliphatic carbocycles. The largest absolute Gasteiger partial charge is 0.508 e. The quantitative estimate of drug-likeness (QED) is 0.588. The van der Waals surface area contributed by atoms with Gasteiger partial charge in [-0.1, -0.05) is 12.1 Å². The van der Waals surface area contributed by atoms with Crippen molar-refractivity contribution in [3.8, 4) is 11.5 Å². The summed E-state index contributed by atoms with van der Waals surface area (Å²) in [5.41, 5.74) is 5.26. The fraction of sp³-hybridized carbons (Fsp3) is 0.188. The van der Waals surface area contributed by atoms with Gasteiger partial charge in [0, 0.05) is 12.5 Å². The SMILES string of the molecule is NC(=O)[C@H](Cc1ccc(O)cc1)NC(=O)OCc1cc(=O)c(O)co1. The predicted molar refractivity (Wildman–Crippen MR) is 84.8 cm³/mol. The van der Waals surface area contributed by atoms with Gasteiger partial charge in [0.1, 0.15) is 23.8 Å². The summed E-state index contributed by atoms with van der Waals surface area (Å²) >= 11 is 0. The zero-order valence-corrected chi connectivity index (χ0v) is 13.0.